The first-order chi connectivity index (χ1) is 12.8. The minimum absolute atomic E-state index is 0.240. The Morgan fingerprint density at radius 3 is 2.70 bits per heavy atom. The predicted molar refractivity (Wildman–Crippen MR) is 106 cm³/mol. The van der Waals surface area contributed by atoms with Gasteiger partial charge >= 0.3 is 0 Å². The summed E-state index contributed by atoms with van der Waals surface area (Å²) in [5.41, 5.74) is 6.65. The van der Waals surface area contributed by atoms with E-state index in [9.17, 15) is 4.79 Å². The lowest BCUT2D eigenvalue weighted by molar-refractivity contribution is -0.126. The maximum absolute atomic E-state index is 12.4. The van der Waals surface area contributed by atoms with Crippen molar-refractivity contribution >= 4 is 27.5 Å². The minimum Gasteiger partial charge on any atom is -0.374 e. The molecule has 0 radical (unpaired) electrons. The lowest BCUT2D eigenvalue weighted by Gasteiger charge is -2.23. The molecule has 1 aromatic carbocycles. The Kier molecular flexibility index (Phi) is 5.88. The van der Waals surface area contributed by atoms with Crippen molar-refractivity contribution in [3.63, 3.8) is 0 Å². The van der Waals surface area contributed by atoms with E-state index < -0.39 is 11.6 Å². The van der Waals surface area contributed by atoms with E-state index >= 15 is 0 Å². The summed E-state index contributed by atoms with van der Waals surface area (Å²) >= 11 is 3.45. The van der Waals surface area contributed by atoms with Gasteiger partial charge < -0.3 is 15.8 Å². The molecule has 8 heteroatoms. The Morgan fingerprint density at radius 1 is 1.26 bits per heavy atom. The molecule has 0 unspecified atom stereocenters. The van der Waals surface area contributed by atoms with Gasteiger partial charge in [0.25, 0.3) is 0 Å². The van der Waals surface area contributed by atoms with Crippen LogP contribution in [0.15, 0.2) is 53.1 Å². The highest BCUT2D eigenvalue weighted by atomic mass is 79.9. The Balaban J connectivity index is 1.82. The third-order valence-electron chi connectivity index (χ3n) is 3.99. The fourth-order valence-electron chi connectivity index (χ4n) is 2.51. The first-order valence-corrected chi connectivity index (χ1v) is 9.35. The number of hydrogen-bond acceptors (Lipinski definition) is 5. The van der Waals surface area contributed by atoms with Crippen LogP contribution in [0.4, 0.5) is 0 Å². The summed E-state index contributed by atoms with van der Waals surface area (Å²) in [6.07, 6.45) is 1.86. The van der Waals surface area contributed by atoms with Gasteiger partial charge in [0.15, 0.2) is 11.5 Å². The van der Waals surface area contributed by atoms with Gasteiger partial charge in [-0.3, -0.25) is 9.20 Å². The van der Waals surface area contributed by atoms with Crippen LogP contribution in [-0.4, -0.2) is 32.7 Å². The quantitative estimate of drug-likeness (QED) is 0.599. The molecule has 0 saturated heterocycles. The Hall–Kier alpha value is -2.29. The van der Waals surface area contributed by atoms with E-state index in [4.69, 9.17) is 10.5 Å². The van der Waals surface area contributed by atoms with E-state index in [2.05, 4.69) is 31.4 Å². The summed E-state index contributed by atoms with van der Waals surface area (Å²) in [6.45, 7) is 3.98. The molecule has 0 aliphatic carbocycles. The summed E-state index contributed by atoms with van der Waals surface area (Å²) in [4.78, 5) is 12.4. The van der Waals surface area contributed by atoms with Crippen LogP contribution in [0.25, 0.3) is 5.65 Å². The minimum atomic E-state index is -1.02. The monoisotopic (exact) mass is 431 g/mol. The number of nitrogens with two attached hydrogens (primary N) is 1. The highest BCUT2D eigenvalue weighted by Crippen LogP contribution is 2.18. The van der Waals surface area contributed by atoms with Crippen molar-refractivity contribution in [1.82, 2.24) is 19.9 Å². The molecule has 3 rings (SSSR count). The van der Waals surface area contributed by atoms with Crippen LogP contribution in [0.3, 0.4) is 0 Å². The zero-order valence-corrected chi connectivity index (χ0v) is 16.8. The van der Waals surface area contributed by atoms with Crippen molar-refractivity contribution in [1.29, 1.82) is 0 Å². The normalized spacial score (nSPS) is 12.9. The van der Waals surface area contributed by atoms with Crippen LogP contribution in [-0.2, 0) is 16.1 Å². The molecule has 0 fully saturated rings. The van der Waals surface area contributed by atoms with Gasteiger partial charge in [-0.15, -0.1) is 10.2 Å². The van der Waals surface area contributed by atoms with Crippen LogP contribution in [0.5, 0.6) is 0 Å². The van der Waals surface area contributed by atoms with E-state index in [-0.39, 0.29) is 12.5 Å². The summed E-state index contributed by atoms with van der Waals surface area (Å²) in [6, 6.07) is 13.1. The molecule has 0 spiro atoms. The number of hydrogen-bond donors (Lipinski definition) is 2. The van der Waals surface area contributed by atoms with Gasteiger partial charge in [-0.2, -0.15) is 0 Å². The lowest BCUT2D eigenvalue weighted by Crippen LogP contribution is -2.50. The van der Waals surface area contributed by atoms with Crippen molar-refractivity contribution in [2.45, 2.75) is 32.0 Å². The summed E-state index contributed by atoms with van der Waals surface area (Å²) in [5.74, 6) is 0.291. The molecule has 142 valence electrons. The Morgan fingerprint density at radius 2 is 2.00 bits per heavy atom. The number of carbonyl (C=O) groups excluding carboxylic acids is 1. The number of rotatable bonds is 7. The van der Waals surface area contributed by atoms with Crippen molar-refractivity contribution in [2.24, 2.45) is 5.73 Å². The average molecular weight is 432 g/mol. The zero-order valence-electron chi connectivity index (χ0n) is 15.2. The maximum atomic E-state index is 12.4. The van der Waals surface area contributed by atoms with Gasteiger partial charge in [-0.05, 0) is 47.5 Å². The summed E-state index contributed by atoms with van der Waals surface area (Å²) in [7, 11) is 0. The summed E-state index contributed by atoms with van der Waals surface area (Å²) < 4.78 is 8.55. The van der Waals surface area contributed by atoms with E-state index in [0.717, 1.165) is 10.0 Å². The molecule has 7 nitrogen and oxygen atoms in total. The van der Waals surface area contributed by atoms with Crippen molar-refractivity contribution in [3.05, 3.63) is 64.5 Å². The molecular formula is C19H22BrN5O2. The van der Waals surface area contributed by atoms with Gasteiger partial charge in [0.2, 0.25) is 5.91 Å². The molecule has 0 aliphatic rings. The fourth-order valence-corrected chi connectivity index (χ4v) is 2.85. The number of halogens is 1. The predicted octanol–water partition coefficient (Wildman–Crippen LogP) is 2.60. The average Bonchev–Trinajstić information content (AvgIpc) is 3.03. The number of amides is 1. The molecule has 2 aromatic heterocycles. The molecule has 2 heterocycles. The van der Waals surface area contributed by atoms with Crippen molar-refractivity contribution in [3.8, 4) is 0 Å². The van der Waals surface area contributed by atoms with Gasteiger partial charge in [-0.25, -0.2) is 0 Å². The van der Waals surface area contributed by atoms with E-state index in [1.54, 1.807) is 13.8 Å². The van der Waals surface area contributed by atoms with Crippen molar-refractivity contribution < 1.29 is 9.53 Å². The lowest BCUT2D eigenvalue weighted by atomic mass is 10.1. The Bertz CT molecular complexity index is 921. The second-order valence-electron chi connectivity index (χ2n) is 6.88. The first kappa shape index (κ1) is 19.5. The number of nitrogens with zero attached hydrogens (tertiary/aromatic N) is 3. The standard InChI is InChI=1S/C19H22BrN5O2/c1-19(2,21)18(26)22-15(12-27-11-13-6-4-3-5-7-13)17-24-23-16-9-8-14(20)10-25(16)17/h3-10,15H,11-12,21H2,1-2H3,(H,22,26)/t15-/m1/s1. The van der Waals surface area contributed by atoms with Gasteiger partial charge in [-0.1, -0.05) is 30.3 Å². The van der Waals surface area contributed by atoms with Crippen LogP contribution < -0.4 is 11.1 Å². The van der Waals surface area contributed by atoms with Crippen LogP contribution in [0.2, 0.25) is 0 Å². The van der Waals surface area contributed by atoms with E-state index in [0.29, 0.717) is 18.1 Å². The zero-order chi connectivity index (χ0) is 19.4. The number of benzene rings is 1. The second kappa shape index (κ2) is 8.16. The highest BCUT2D eigenvalue weighted by molar-refractivity contribution is 9.10. The maximum Gasteiger partial charge on any atom is 0.240 e. The fraction of sp³-hybridized carbons (Fsp3) is 0.316. The number of pyridine rings is 1. The largest absolute Gasteiger partial charge is 0.374 e. The molecule has 1 amide bonds. The molecule has 0 saturated carbocycles. The highest BCUT2D eigenvalue weighted by Gasteiger charge is 2.28. The number of aromatic nitrogens is 3. The van der Waals surface area contributed by atoms with Gasteiger partial charge in [0, 0.05) is 10.7 Å². The SMILES string of the molecule is CC(C)(N)C(=O)N[C@H](COCc1ccccc1)c1nnc2ccc(Br)cn12. The molecule has 0 bridgehead atoms. The number of ether oxygens (including phenoxy) is 1. The number of carbonyl (C=O) groups is 1. The van der Waals surface area contributed by atoms with E-state index in [1.165, 1.54) is 0 Å². The van der Waals surface area contributed by atoms with Crippen molar-refractivity contribution in [2.75, 3.05) is 6.61 Å². The molecule has 3 aromatic rings. The second-order valence-corrected chi connectivity index (χ2v) is 7.80. The summed E-state index contributed by atoms with van der Waals surface area (Å²) in [5, 5.41) is 11.4. The number of nitrogens with one attached hydrogen (secondary N) is 1. The molecule has 0 aliphatic heterocycles. The third-order valence-corrected chi connectivity index (χ3v) is 4.46. The molecule has 1 atom stereocenters. The van der Waals surface area contributed by atoms with Crippen LogP contribution in [0, 0.1) is 0 Å². The Labute approximate surface area is 166 Å². The first-order valence-electron chi connectivity index (χ1n) is 8.56. The molecule has 27 heavy (non-hydrogen) atoms. The van der Waals surface area contributed by atoms with Crippen LogP contribution >= 0.6 is 15.9 Å². The van der Waals surface area contributed by atoms with Gasteiger partial charge in [0.05, 0.1) is 18.8 Å². The van der Waals surface area contributed by atoms with Crippen LogP contribution in [0.1, 0.15) is 31.3 Å². The topological polar surface area (TPSA) is 94.5 Å². The molecular weight excluding hydrogens is 410 g/mol. The third kappa shape index (κ3) is 4.91. The molecule has 3 N–H and O–H groups in total. The van der Waals surface area contributed by atoms with E-state index in [1.807, 2.05) is 53.1 Å². The van der Waals surface area contributed by atoms with Gasteiger partial charge in [0.1, 0.15) is 6.04 Å². The smallest absolute Gasteiger partial charge is 0.240 e. The number of fused-ring (bicyclic) bond motifs is 1.